The van der Waals surface area contributed by atoms with Gasteiger partial charge >= 0.3 is 6.18 Å². The molecular formula is C35H36F4N2O2S. The van der Waals surface area contributed by atoms with E-state index in [1.807, 2.05) is 36.4 Å². The van der Waals surface area contributed by atoms with Crippen LogP contribution in [-0.4, -0.2) is 43.8 Å². The molecule has 0 bridgehead atoms. The van der Waals surface area contributed by atoms with Gasteiger partial charge in [0, 0.05) is 43.6 Å². The van der Waals surface area contributed by atoms with E-state index in [1.165, 1.54) is 37.9 Å². The van der Waals surface area contributed by atoms with Gasteiger partial charge in [-0.3, -0.25) is 9.69 Å². The molecule has 9 heteroatoms. The number of carbonyl (C=O) groups is 1. The first-order valence-corrected chi connectivity index (χ1v) is 15.5. The highest BCUT2D eigenvalue weighted by Crippen LogP contribution is 2.34. The summed E-state index contributed by atoms with van der Waals surface area (Å²) < 4.78 is 61.9. The molecule has 0 atom stereocenters. The average molecular weight is 625 g/mol. The highest BCUT2D eigenvalue weighted by molar-refractivity contribution is 7.98. The number of alkyl halides is 3. The van der Waals surface area contributed by atoms with Gasteiger partial charge in [-0.25, -0.2) is 4.39 Å². The number of carbonyl (C=O) groups excluding carboxylic acids is 1. The monoisotopic (exact) mass is 624 g/mol. The maximum absolute atomic E-state index is 14.8. The first-order chi connectivity index (χ1) is 21.1. The third-order valence-corrected chi connectivity index (χ3v) is 8.34. The largest absolute Gasteiger partial charge is 0.493 e. The summed E-state index contributed by atoms with van der Waals surface area (Å²) in [4.78, 5) is 14.7. The molecule has 4 aromatic rings. The number of ether oxygens (including phenoxy) is 1. The van der Waals surface area contributed by atoms with Gasteiger partial charge in [-0.15, -0.1) is 11.8 Å². The van der Waals surface area contributed by atoms with Crippen LogP contribution in [0, 0.1) is 12.7 Å². The number of thioether (sulfide) groups is 1. The molecule has 1 N–H and O–H groups in total. The molecule has 4 rings (SSSR count). The van der Waals surface area contributed by atoms with Crippen molar-refractivity contribution in [3.05, 3.63) is 130 Å². The van der Waals surface area contributed by atoms with Crippen molar-refractivity contribution in [3.8, 4) is 5.75 Å². The molecule has 0 saturated carbocycles. The van der Waals surface area contributed by atoms with Crippen molar-refractivity contribution in [3.63, 3.8) is 0 Å². The maximum Gasteiger partial charge on any atom is 0.416 e. The van der Waals surface area contributed by atoms with Crippen LogP contribution in [-0.2, 0) is 12.7 Å². The lowest BCUT2D eigenvalue weighted by atomic mass is 9.90. The van der Waals surface area contributed by atoms with Crippen LogP contribution in [0.15, 0.2) is 95.9 Å². The van der Waals surface area contributed by atoms with E-state index >= 15 is 0 Å². The Morgan fingerprint density at radius 1 is 0.955 bits per heavy atom. The summed E-state index contributed by atoms with van der Waals surface area (Å²) in [6.45, 7) is 3.19. The van der Waals surface area contributed by atoms with Crippen LogP contribution in [0.3, 0.4) is 0 Å². The van der Waals surface area contributed by atoms with Gasteiger partial charge in [0.1, 0.15) is 11.6 Å². The molecule has 232 valence electrons. The van der Waals surface area contributed by atoms with Crippen molar-refractivity contribution in [1.29, 1.82) is 0 Å². The van der Waals surface area contributed by atoms with Gasteiger partial charge in [0.2, 0.25) is 0 Å². The molecule has 0 radical (unpaired) electrons. The molecule has 1 amide bonds. The number of nitrogens with one attached hydrogen (secondary N) is 1. The van der Waals surface area contributed by atoms with Gasteiger partial charge in [0.15, 0.2) is 0 Å². The Bertz CT molecular complexity index is 1490. The molecule has 0 heterocycles. The van der Waals surface area contributed by atoms with Gasteiger partial charge in [-0.05, 0) is 54.0 Å². The molecular weight excluding hydrogens is 588 g/mol. The zero-order valence-electron chi connectivity index (χ0n) is 25.0. The molecule has 0 aromatic heterocycles. The molecule has 0 unspecified atom stereocenters. The van der Waals surface area contributed by atoms with Gasteiger partial charge < -0.3 is 10.1 Å². The van der Waals surface area contributed by atoms with Gasteiger partial charge in [-0.1, -0.05) is 72.8 Å². The quantitative estimate of drug-likeness (QED) is 0.0923. The van der Waals surface area contributed by atoms with Crippen LogP contribution in [0.25, 0.3) is 0 Å². The smallest absolute Gasteiger partial charge is 0.416 e. The van der Waals surface area contributed by atoms with E-state index in [1.54, 1.807) is 18.4 Å². The van der Waals surface area contributed by atoms with Crippen LogP contribution in [0.5, 0.6) is 5.75 Å². The zero-order valence-corrected chi connectivity index (χ0v) is 25.8. The number of hydrogen-bond donors (Lipinski definition) is 1. The topological polar surface area (TPSA) is 41.6 Å². The second kappa shape index (κ2) is 15.3. The first kappa shape index (κ1) is 33.1. The van der Waals surface area contributed by atoms with Gasteiger partial charge in [-0.2, -0.15) is 13.2 Å². The van der Waals surface area contributed by atoms with Crippen LogP contribution in [0.1, 0.15) is 50.5 Å². The highest BCUT2D eigenvalue weighted by atomic mass is 32.2. The first-order valence-electron chi connectivity index (χ1n) is 14.3. The van der Waals surface area contributed by atoms with Crippen LogP contribution in [0.2, 0.25) is 0 Å². The fraction of sp³-hybridized carbons (Fsp3) is 0.286. The van der Waals surface area contributed by atoms with E-state index in [2.05, 4.69) is 34.5 Å². The number of hydrogen-bond acceptors (Lipinski definition) is 4. The highest BCUT2D eigenvalue weighted by Gasteiger charge is 2.33. The Kier molecular flexibility index (Phi) is 11.5. The van der Waals surface area contributed by atoms with E-state index in [0.29, 0.717) is 42.3 Å². The molecule has 44 heavy (non-hydrogen) atoms. The molecule has 0 spiro atoms. The minimum atomic E-state index is -4.44. The number of benzene rings is 4. The van der Waals surface area contributed by atoms with Crippen molar-refractivity contribution < 1.29 is 27.1 Å². The van der Waals surface area contributed by atoms with Crippen molar-refractivity contribution in [2.45, 2.75) is 36.9 Å². The summed E-state index contributed by atoms with van der Waals surface area (Å²) in [7, 11) is 1.45. The summed E-state index contributed by atoms with van der Waals surface area (Å²) >= 11 is 1.25. The van der Waals surface area contributed by atoms with E-state index < -0.39 is 23.5 Å². The van der Waals surface area contributed by atoms with Crippen LogP contribution < -0.4 is 10.1 Å². The minimum Gasteiger partial charge on any atom is -0.493 e. The molecule has 0 fully saturated rings. The van der Waals surface area contributed by atoms with E-state index in [4.69, 9.17) is 4.74 Å². The van der Waals surface area contributed by atoms with Crippen molar-refractivity contribution in [1.82, 2.24) is 10.2 Å². The molecule has 4 nitrogen and oxygen atoms in total. The second-order valence-corrected chi connectivity index (χ2v) is 11.3. The predicted octanol–water partition coefficient (Wildman–Crippen LogP) is 8.34. The summed E-state index contributed by atoms with van der Waals surface area (Å²) in [5.41, 5.74) is 2.38. The summed E-state index contributed by atoms with van der Waals surface area (Å²) in [6.07, 6.45) is -2.14. The lowest BCUT2D eigenvalue weighted by Gasteiger charge is -2.29. The van der Waals surface area contributed by atoms with Crippen molar-refractivity contribution in [2.24, 2.45) is 0 Å². The van der Waals surface area contributed by atoms with Crippen LogP contribution >= 0.6 is 11.8 Å². The fourth-order valence-corrected chi connectivity index (χ4v) is 5.92. The van der Waals surface area contributed by atoms with Crippen molar-refractivity contribution >= 4 is 17.7 Å². The Morgan fingerprint density at radius 2 is 1.59 bits per heavy atom. The lowest BCUT2D eigenvalue weighted by Crippen LogP contribution is -2.31. The Morgan fingerprint density at radius 3 is 2.16 bits per heavy atom. The Balaban J connectivity index is 1.57. The number of rotatable bonds is 13. The number of halogens is 4. The van der Waals surface area contributed by atoms with Gasteiger partial charge in [0.05, 0.1) is 17.7 Å². The van der Waals surface area contributed by atoms with Crippen molar-refractivity contribution in [2.75, 3.05) is 33.0 Å². The third-order valence-electron chi connectivity index (χ3n) is 7.58. The molecule has 0 aliphatic carbocycles. The minimum absolute atomic E-state index is 0.0140. The lowest BCUT2D eigenvalue weighted by molar-refractivity contribution is -0.138. The molecule has 4 aromatic carbocycles. The summed E-state index contributed by atoms with van der Waals surface area (Å²) in [5, 5.41) is 2.45. The standard InChI is InChI=1S/C35H36F4N2O2S/c1-24-27(16-10-17-30(24)35(37,38)39)22-41(23-29(25-12-6-4-7-13-25)26-14-8-5-9-15-26)18-11-19-43-28-20-31(36)33(34(42)40-2)32(21-28)44-3/h4-10,12-17,20-21,29H,11,18-19,22-23H2,1-3H3,(H,40,42). The summed E-state index contributed by atoms with van der Waals surface area (Å²) in [5.74, 6) is -0.877. The number of nitrogens with zero attached hydrogens (tertiary/aromatic N) is 1. The molecule has 0 saturated heterocycles. The predicted molar refractivity (Wildman–Crippen MR) is 168 cm³/mol. The maximum atomic E-state index is 14.8. The SMILES string of the molecule is CNC(=O)c1c(F)cc(OCCCN(Cc2cccc(C(F)(F)F)c2C)CC(c2ccccc2)c2ccccc2)cc1SC. The number of amides is 1. The molecule has 0 aliphatic rings. The fourth-order valence-electron chi connectivity index (χ4n) is 5.30. The normalized spacial score (nSPS) is 11.7. The second-order valence-electron chi connectivity index (χ2n) is 10.5. The third kappa shape index (κ3) is 8.42. The zero-order chi connectivity index (χ0) is 31.7. The Hall–Kier alpha value is -3.82. The van der Waals surface area contributed by atoms with E-state index in [-0.39, 0.29) is 23.7 Å². The van der Waals surface area contributed by atoms with Gasteiger partial charge in [0.25, 0.3) is 5.91 Å². The summed E-state index contributed by atoms with van der Waals surface area (Å²) in [6, 6.07) is 27.3. The van der Waals surface area contributed by atoms with Crippen LogP contribution in [0.4, 0.5) is 17.6 Å². The Labute approximate surface area is 260 Å². The molecule has 0 aliphatic heterocycles. The van der Waals surface area contributed by atoms with E-state index in [9.17, 15) is 22.4 Å². The van der Waals surface area contributed by atoms with E-state index in [0.717, 1.165) is 17.2 Å². The average Bonchev–Trinajstić information content (AvgIpc) is 3.02.